The fourth-order valence-electron chi connectivity index (χ4n) is 3.96. The molecule has 0 radical (unpaired) electrons. The van der Waals surface area contributed by atoms with Gasteiger partial charge in [0.15, 0.2) is 0 Å². The summed E-state index contributed by atoms with van der Waals surface area (Å²) < 4.78 is 5.15. The summed E-state index contributed by atoms with van der Waals surface area (Å²) in [6.45, 7) is 0.546. The molecule has 2 aromatic rings. The Morgan fingerprint density at radius 2 is 1.82 bits per heavy atom. The van der Waals surface area contributed by atoms with Crippen LogP contribution in [0.3, 0.4) is 0 Å². The quantitative estimate of drug-likeness (QED) is 0.824. The number of benzene rings is 2. The van der Waals surface area contributed by atoms with Crippen LogP contribution >= 0.6 is 0 Å². The summed E-state index contributed by atoms with van der Waals surface area (Å²) >= 11 is 0. The van der Waals surface area contributed by atoms with Gasteiger partial charge in [0.1, 0.15) is 11.8 Å². The molecule has 0 spiro atoms. The molecule has 2 aromatic carbocycles. The summed E-state index contributed by atoms with van der Waals surface area (Å²) in [6, 6.07) is 13.5. The maximum absolute atomic E-state index is 13.3. The van der Waals surface area contributed by atoms with Gasteiger partial charge in [0.25, 0.3) is 11.8 Å². The molecule has 2 aliphatic rings. The number of nitrogens with zero attached hydrogens (tertiary/aromatic N) is 2. The standard InChI is InChI=1S/C22H22N2O4/c1-28-16-11-9-15(10-12-16)14-20(25)24-18-7-3-2-6-17(18)21(26)23-13-5-4-8-19(23)22(24)27/h2-3,6-7,9-12,19H,4-5,8,13-14H2,1H3/t19-/m0/s1. The summed E-state index contributed by atoms with van der Waals surface area (Å²) in [7, 11) is 1.58. The summed E-state index contributed by atoms with van der Waals surface area (Å²) in [5, 5.41) is 0. The fraction of sp³-hybridized carbons (Fsp3) is 0.318. The van der Waals surface area contributed by atoms with Crippen molar-refractivity contribution in [2.75, 3.05) is 18.6 Å². The van der Waals surface area contributed by atoms with E-state index in [4.69, 9.17) is 4.74 Å². The van der Waals surface area contributed by atoms with E-state index >= 15 is 0 Å². The van der Waals surface area contributed by atoms with E-state index in [1.165, 1.54) is 4.90 Å². The zero-order valence-electron chi connectivity index (χ0n) is 15.8. The minimum atomic E-state index is -0.575. The van der Waals surface area contributed by atoms with Crippen molar-refractivity contribution >= 4 is 23.4 Å². The molecule has 0 bridgehead atoms. The number of carbonyl (C=O) groups is 3. The molecule has 2 heterocycles. The molecule has 2 aliphatic heterocycles. The molecule has 0 saturated carbocycles. The average molecular weight is 378 g/mol. The van der Waals surface area contributed by atoms with Crippen molar-refractivity contribution in [3.63, 3.8) is 0 Å². The van der Waals surface area contributed by atoms with Crippen molar-refractivity contribution in [3.8, 4) is 5.75 Å². The number of fused-ring (bicyclic) bond motifs is 2. The molecule has 1 fully saturated rings. The first-order chi connectivity index (χ1) is 13.6. The SMILES string of the molecule is COc1ccc(CC(=O)N2C(=O)[C@@H]3CCCCN3C(=O)c3ccccc32)cc1. The largest absolute Gasteiger partial charge is 0.497 e. The van der Waals surface area contributed by atoms with E-state index < -0.39 is 6.04 Å². The van der Waals surface area contributed by atoms with Gasteiger partial charge in [0.2, 0.25) is 5.91 Å². The monoisotopic (exact) mass is 378 g/mol. The van der Waals surface area contributed by atoms with Crippen molar-refractivity contribution in [2.24, 2.45) is 0 Å². The third kappa shape index (κ3) is 3.15. The number of anilines is 1. The van der Waals surface area contributed by atoms with Gasteiger partial charge in [-0.3, -0.25) is 14.4 Å². The number of hydrogen-bond donors (Lipinski definition) is 0. The van der Waals surface area contributed by atoms with Crippen LogP contribution in [0.1, 0.15) is 35.2 Å². The van der Waals surface area contributed by atoms with Gasteiger partial charge in [0.05, 0.1) is 24.8 Å². The van der Waals surface area contributed by atoms with Gasteiger partial charge in [-0.2, -0.15) is 0 Å². The molecule has 4 rings (SSSR count). The zero-order valence-corrected chi connectivity index (χ0v) is 15.8. The lowest BCUT2D eigenvalue weighted by Crippen LogP contribution is -2.52. The molecule has 0 aromatic heterocycles. The molecule has 6 heteroatoms. The Kier molecular flexibility index (Phi) is 4.86. The van der Waals surface area contributed by atoms with Gasteiger partial charge < -0.3 is 9.64 Å². The maximum atomic E-state index is 13.3. The van der Waals surface area contributed by atoms with Gasteiger partial charge in [-0.05, 0) is 49.1 Å². The van der Waals surface area contributed by atoms with Crippen molar-refractivity contribution in [1.29, 1.82) is 0 Å². The molecule has 0 N–H and O–H groups in total. The van der Waals surface area contributed by atoms with E-state index in [0.717, 1.165) is 18.4 Å². The number of methoxy groups -OCH3 is 1. The Morgan fingerprint density at radius 1 is 1.07 bits per heavy atom. The second-order valence-corrected chi connectivity index (χ2v) is 7.12. The first-order valence-electron chi connectivity index (χ1n) is 9.50. The van der Waals surface area contributed by atoms with E-state index in [9.17, 15) is 14.4 Å². The van der Waals surface area contributed by atoms with Gasteiger partial charge in [-0.15, -0.1) is 0 Å². The normalized spacial score (nSPS) is 19.0. The van der Waals surface area contributed by atoms with Crippen LogP contribution in [0.4, 0.5) is 5.69 Å². The number of imide groups is 1. The highest BCUT2D eigenvalue weighted by Gasteiger charge is 2.42. The van der Waals surface area contributed by atoms with Crippen molar-refractivity contribution < 1.29 is 19.1 Å². The summed E-state index contributed by atoms with van der Waals surface area (Å²) in [5.74, 6) is -0.108. The zero-order chi connectivity index (χ0) is 19.7. The Bertz CT molecular complexity index is 922. The Morgan fingerprint density at radius 3 is 2.57 bits per heavy atom. The first kappa shape index (κ1) is 18.2. The lowest BCUT2D eigenvalue weighted by atomic mass is 10.0. The van der Waals surface area contributed by atoms with Gasteiger partial charge in [0, 0.05) is 6.54 Å². The van der Waals surface area contributed by atoms with Gasteiger partial charge in [-0.1, -0.05) is 24.3 Å². The van der Waals surface area contributed by atoms with Gasteiger partial charge >= 0.3 is 0 Å². The number of piperidine rings is 1. The van der Waals surface area contributed by atoms with Crippen LogP contribution in [0.15, 0.2) is 48.5 Å². The molecular formula is C22H22N2O4. The maximum Gasteiger partial charge on any atom is 0.256 e. The molecule has 6 nitrogen and oxygen atoms in total. The summed E-state index contributed by atoms with van der Waals surface area (Å²) in [6.07, 6.45) is 2.41. The van der Waals surface area contributed by atoms with Crippen LogP contribution < -0.4 is 9.64 Å². The van der Waals surface area contributed by atoms with Crippen LogP contribution in [-0.4, -0.2) is 42.3 Å². The third-order valence-electron chi connectivity index (χ3n) is 5.41. The van der Waals surface area contributed by atoms with Crippen molar-refractivity contribution in [1.82, 2.24) is 4.90 Å². The molecule has 0 unspecified atom stereocenters. The van der Waals surface area contributed by atoms with E-state index in [0.29, 0.717) is 30.0 Å². The topological polar surface area (TPSA) is 66.9 Å². The predicted octanol–water partition coefficient (Wildman–Crippen LogP) is 2.81. The molecule has 3 amide bonds. The Labute approximate surface area is 163 Å². The highest BCUT2D eigenvalue weighted by atomic mass is 16.5. The second kappa shape index (κ2) is 7.46. The minimum Gasteiger partial charge on any atom is -0.497 e. The van der Waals surface area contributed by atoms with E-state index in [2.05, 4.69) is 0 Å². The van der Waals surface area contributed by atoms with Crippen LogP contribution in [-0.2, 0) is 16.0 Å². The van der Waals surface area contributed by atoms with E-state index in [1.807, 2.05) is 12.1 Å². The second-order valence-electron chi connectivity index (χ2n) is 7.12. The molecule has 28 heavy (non-hydrogen) atoms. The number of ether oxygens (including phenoxy) is 1. The highest BCUT2D eigenvalue weighted by Crippen LogP contribution is 2.32. The highest BCUT2D eigenvalue weighted by molar-refractivity contribution is 6.22. The van der Waals surface area contributed by atoms with Crippen LogP contribution in [0.5, 0.6) is 5.75 Å². The van der Waals surface area contributed by atoms with Crippen LogP contribution in [0, 0.1) is 0 Å². The lowest BCUT2D eigenvalue weighted by molar-refractivity contribution is -0.129. The first-order valence-corrected chi connectivity index (χ1v) is 9.50. The van der Waals surface area contributed by atoms with Crippen LogP contribution in [0.2, 0.25) is 0 Å². The molecule has 1 saturated heterocycles. The van der Waals surface area contributed by atoms with E-state index in [-0.39, 0.29) is 24.1 Å². The molecular weight excluding hydrogens is 356 g/mol. The Hall–Kier alpha value is -3.15. The summed E-state index contributed by atoms with van der Waals surface area (Å²) in [4.78, 5) is 42.4. The number of amides is 3. The fourth-order valence-corrected chi connectivity index (χ4v) is 3.96. The average Bonchev–Trinajstić information content (AvgIpc) is 2.82. The number of carbonyl (C=O) groups excluding carboxylic acids is 3. The van der Waals surface area contributed by atoms with Crippen molar-refractivity contribution in [2.45, 2.75) is 31.7 Å². The number of rotatable bonds is 3. The smallest absolute Gasteiger partial charge is 0.256 e. The van der Waals surface area contributed by atoms with Gasteiger partial charge in [-0.25, -0.2) is 4.90 Å². The molecule has 0 aliphatic carbocycles. The third-order valence-corrected chi connectivity index (χ3v) is 5.41. The number of para-hydroxylation sites is 1. The summed E-state index contributed by atoms with van der Waals surface area (Å²) in [5.41, 5.74) is 1.57. The molecule has 144 valence electrons. The molecule has 1 atom stereocenters. The van der Waals surface area contributed by atoms with Crippen LogP contribution in [0.25, 0.3) is 0 Å². The van der Waals surface area contributed by atoms with E-state index in [1.54, 1.807) is 48.4 Å². The Balaban J connectivity index is 1.70. The minimum absolute atomic E-state index is 0.0744. The van der Waals surface area contributed by atoms with Crippen molar-refractivity contribution in [3.05, 3.63) is 59.7 Å². The number of hydrogen-bond acceptors (Lipinski definition) is 4. The lowest BCUT2D eigenvalue weighted by Gasteiger charge is -2.34. The predicted molar refractivity (Wildman–Crippen MR) is 104 cm³/mol.